The van der Waals surface area contributed by atoms with Gasteiger partial charge in [-0.2, -0.15) is 0 Å². The maximum absolute atomic E-state index is 11.6. The van der Waals surface area contributed by atoms with Crippen molar-refractivity contribution in [2.75, 3.05) is 37.5 Å². The summed E-state index contributed by atoms with van der Waals surface area (Å²) >= 11 is 1.17. The summed E-state index contributed by atoms with van der Waals surface area (Å²) in [6, 6.07) is 0. The second kappa shape index (κ2) is 8.65. The average molecular weight is 363 g/mol. The van der Waals surface area contributed by atoms with Gasteiger partial charge in [0.2, 0.25) is 11.8 Å². The van der Waals surface area contributed by atoms with Gasteiger partial charge in [-0.05, 0) is 18.8 Å². The van der Waals surface area contributed by atoms with Crippen molar-refractivity contribution in [2.24, 2.45) is 5.92 Å². The molecule has 0 saturated carbocycles. The van der Waals surface area contributed by atoms with Crippen LogP contribution < -0.4 is 5.32 Å². The van der Waals surface area contributed by atoms with E-state index in [1.807, 2.05) is 0 Å². The Morgan fingerprint density at radius 1 is 1.48 bits per heavy atom. The van der Waals surface area contributed by atoms with E-state index in [1.54, 1.807) is 7.11 Å². The third kappa shape index (κ3) is 6.48. The lowest BCUT2D eigenvalue weighted by Crippen LogP contribution is -2.26. The van der Waals surface area contributed by atoms with Crippen LogP contribution in [0.5, 0.6) is 0 Å². The molecule has 130 valence electrons. The summed E-state index contributed by atoms with van der Waals surface area (Å²) in [5.41, 5.74) is 0. The van der Waals surface area contributed by atoms with Crippen LogP contribution in [0.15, 0.2) is 9.64 Å². The van der Waals surface area contributed by atoms with E-state index in [4.69, 9.17) is 9.15 Å². The number of hydrogen-bond donors (Lipinski definition) is 1. The molecular formula is C13H21N3O5S2. The Morgan fingerprint density at radius 2 is 2.30 bits per heavy atom. The van der Waals surface area contributed by atoms with Crippen LogP contribution in [0.25, 0.3) is 0 Å². The van der Waals surface area contributed by atoms with Crippen molar-refractivity contribution in [3.05, 3.63) is 5.89 Å². The highest BCUT2D eigenvalue weighted by Gasteiger charge is 2.29. The summed E-state index contributed by atoms with van der Waals surface area (Å²) in [6.07, 6.45) is 1.87. The highest BCUT2D eigenvalue weighted by Crippen LogP contribution is 2.23. The number of aromatic nitrogens is 2. The number of thioether (sulfide) groups is 1. The number of carbonyl (C=O) groups excluding carboxylic acids is 1. The van der Waals surface area contributed by atoms with Crippen molar-refractivity contribution in [1.29, 1.82) is 0 Å². The number of nitrogens with one attached hydrogen (secondary N) is 1. The Balaban J connectivity index is 1.69. The molecule has 23 heavy (non-hydrogen) atoms. The molecule has 1 aliphatic rings. The quantitative estimate of drug-likeness (QED) is 0.492. The first kappa shape index (κ1) is 18.2. The zero-order valence-corrected chi connectivity index (χ0v) is 14.6. The fourth-order valence-corrected chi connectivity index (χ4v) is 4.75. The predicted octanol–water partition coefficient (Wildman–Crippen LogP) is 0.292. The SMILES string of the molecule is COCCCNC(=O)CSc1nnc(C[C@H]2CCS(=O)(=O)C2)o1. The van der Waals surface area contributed by atoms with Gasteiger partial charge in [0.15, 0.2) is 9.84 Å². The molecule has 1 aliphatic heterocycles. The molecular weight excluding hydrogens is 342 g/mol. The molecule has 0 radical (unpaired) electrons. The van der Waals surface area contributed by atoms with E-state index in [-0.39, 0.29) is 29.1 Å². The Labute approximate surface area is 139 Å². The van der Waals surface area contributed by atoms with Crippen LogP contribution in [0.3, 0.4) is 0 Å². The Bertz CT molecular complexity index is 617. The Kier molecular flexibility index (Phi) is 6.85. The van der Waals surface area contributed by atoms with Gasteiger partial charge in [0.05, 0.1) is 17.3 Å². The van der Waals surface area contributed by atoms with E-state index in [9.17, 15) is 13.2 Å². The first-order chi connectivity index (χ1) is 11.0. The maximum Gasteiger partial charge on any atom is 0.277 e. The maximum atomic E-state index is 11.6. The fraction of sp³-hybridized carbons (Fsp3) is 0.769. The smallest absolute Gasteiger partial charge is 0.277 e. The molecule has 1 atom stereocenters. The molecule has 0 unspecified atom stereocenters. The van der Waals surface area contributed by atoms with Crippen molar-refractivity contribution >= 4 is 27.5 Å². The standard InChI is InChI=1S/C13H21N3O5S2/c1-20-5-2-4-14-11(17)8-22-13-16-15-12(21-13)7-10-3-6-23(18,19)9-10/h10H,2-9H2,1H3,(H,14,17)/t10-/m1/s1. The molecule has 1 N–H and O–H groups in total. The molecule has 1 fully saturated rings. The summed E-state index contributed by atoms with van der Waals surface area (Å²) in [6.45, 7) is 1.18. The summed E-state index contributed by atoms with van der Waals surface area (Å²) < 4.78 is 33.2. The number of sulfone groups is 1. The van der Waals surface area contributed by atoms with Crippen LogP contribution in [0.1, 0.15) is 18.7 Å². The molecule has 2 rings (SSSR count). The Hall–Kier alpha value is -1.13. The molecule has 0 aromatic carbocycles. The van der Waals surface area contributed by atoms with Gasteiger partial charge in [-0.25, -0.2) is 8.42 Å². The minimum atomic E-state index is -2.90. The van der Waals surface area contributed by atoms with Crippen LogP contribution in [-0.4, -0.2) is 62.0 Å². The van der Waals surface area contributed by atoms with Gasteiger partial charge in [0, 0.05) is 26.7 Å². The summed E-state index contributed by atoms with van der Waals surface area (Å²) in [5, 5.41) is 10.9. The van der Waals surface area contributed by atoms with E-state index >= 15 is 0 Å². The lowest BCUT2D eigenvalue weighted by molar-refractivity contribution is -0.118. The molecule has 1 saturated heterocycles. The van der Waals surface area contributed by atoms with Gasteiger partial charge in [-0.15, -0.1) is 10.2 Å². The zero-order valence-electron chi connectivity index (χ0n) is 13.0. The van der Waals surface area contributed by atoms with E-state index in [2.05, 4.69) is 15.5 Å². The van der Waals surface area contributed by atoms with Gasteiger partial charge < -0.3 is 14.5 Å². The van der Waals surface area contributed by atoms with E-state index in [0.717, 1.165) is 6.42 Å². The van der Waals surface area contributed by atoms with Gasteiger partial charge >= 0.3 is 0 Å². The molecule has 8 nitrogen and oxygen atoms in total. The second-order valence-corrected chi connectivity index (χ2v) is 8.58. The van der Waals surface area contributed by atoms with Gasteiger partial charge in [-0.1, -0.05) is 11.8 Å². The predicted molar refractivity (Wildman–Crippen MR) is 85.0 cm³/mol. The lowest BCUT2D eigenvalue weighted by Gasteiger charge is -2.03. The van der Waals surface area contributed by atoms with Crippen molar-refractivity contribution in [3.8, 4) is 0 Å². The van der Waals surface area contributed by atoms with E-state index < -0.39 is 9.84 Å². The summed E-state index contributed by atoms with van der Waals surface area (Å²) in [4.78, 5) is 11.6. The molecule has 0 spiro atoms. The molecule has 0 bridgehead atoms. The minimum Gasteiger partial charge on any atom is -0.416 e. The van der Waals surface area contributed by atoms with Crippen LogP contribution in [0, 0.1) is 5.92 Å². The highest BCUT2D eigenvalue weighted by atomic mass is 32.2. The Morgan fingerprint density at radius 3 is 3.00 bits per heavy atom. The minimum absolute atomic E-state index is 0.0439. The normalized spacial score (nSPS) is 19.8. The molecule has 1 aromatic rings. The van der Waals surface area contributed by atoms with Crippen molar-refractivity contribution in [1.82, 2.24) is 15.5 Å². The first-order valence-electron chi connectivity index (χ1n) is 7.40. The molecule has 2 heterocycles. The van der Waals surface area contributed by atoms with Gasteiger partial charge in [0.1, 0.15) is 0 Å². The van der Waals surface area contributed by atoms with Crippen molar-refractivity contribution in [2.45, 2.75) is 24.5 Å². The number of nitrogens with zero attached hydrogens (tertiary/aromatic N) is 2. The number of ether oxygens (including phenoxy) is 1. The largest absolute Gasteiger partial charge is 0.416 e. The molecule has 10 heteroatoms. The van der Waals surface area contributed by atoms with Crippen LogP contribution >= 0.6 is 11.8 Å². The molecule has 0 aliphatic carbocycles. The number of rotatable bonds is 9. The number of hydrogen-bond acceptors (Lipinski definition) is 8. The van der Waals surface area contributed by atoms with Crippen molar-refractivity contribution < 1.29 is 22.4 Å². The van der Waals surface area contributed by atoms with Crippen molar-refractivity contribution in [3.63, 3.8) is 0 Å². The fourth-order valence-electron chi connectivity index (χ4n) is 2.28. The topological polar surface area (TPSA) is 111 Å². The lowest BCUT2D eigenvalue weighted by atomic mass is 10.1. The number of amides is 1. The van der Waals surface area contributed by atoms with Gasteiger partial charge in [-0.3, -0.25) is 4.79 Å². The molecule has 1 amide bonds. The summed E-state index contributed by atoms with van der Waals surface area (Å²) in [5.74, 6) is 0.982. The van der Waals surface area contributed by atoms with E-state index in [0.29, 0.717) is 37.1 Å². The third-order valence-electron chi connectivity index (χ3n) is 3.41. The van der Waals surface area contributed by atoms with Crippen LogP contribution in [-0.2, 0) is 25.8 Å². The third-order valence-corrected chi connectivity index (χ3v) is 6.07. The first-order valence-corrected chi connectivity index (χ1v) is 10.2. The molecule has 1 aromatic heterocycles. The van der Waals surface area contributed by atoms with E-state index in [1.165, 1.54) is 11.8 Å². The average Bonchev–Trinajstić information content (AvgIpc) is 3.08. The summed E-state index contributed by atoms with van der Waals surface area (Å²) in [7, 11) is -1.28. The highest BCUT2D eigenvalue weighted by molar-refractivity contribution is 7.99. The monoisotopic (exact) mass is 363 g/mol. The number of carbonyl (C=O) groups is 1. The van der Waals surface area contributed by atoms with Crippen LogP contribution in [0.4, 0.5) is 0 Å². The zero-order chi connectivity index (χ0) is 16.7. The second-order valence-electron chi connectivity index (χ2n) is 5.42. The number of methoxy groups -OCH3 is 1. The van der Waals surface area contributed by atoms with Gasteiger partial charge in [0.25, 0.3) is 5.22 Å². The van der Waals surface area contributed by atoms with Crippen LogP contribution in [0.2, 0.25) is 0 Å².